The third-order valence-corrected chi connectivity index (χ3v) is 4.59. The summed E-state index contributed by atoms with van der Waals surface area (Å²) in [6, 6.07) is 8.87. The minimum absolute atomic E-state index is 0.109. The van der Waals surface area contributed by atoms with E-state index in [4.69, 9.17) is 11.6 Å². The largest absolute Gasteiger partial charge is 0.360 e. The van der Waals surface area contributed by atoms with Crippen molar-refractivity contribution in [3.63, 3.8) is 0 Å². The first-order valence-corrected chi connectivity index (χ1v) is 8.42. The molecule has 2 aromatic rings. The van der Waals surface area contributed by atoms with Gasteiger partial charge < -0.3 is 10.2 Å². The molecule has 0 saturated heterocycles. The Balaban J connectivity index is 1.78. The van der Waals surface area contributed by atoms with Crippen LogP contribution >= 0.6 is 11.6 Å². The van der Waals surface area contributed by atoms with E-state index in [1.54, 1.807) is 11.0 Å². The van der Waals surface area contributed by atoms with E-state index in [9.17, 15) is 9.18 Å². The van der Waals surface area contributed by atoms with Crippen molar-refractivity contribution in [2.24, 2.45) is 0 Å². The van der Waals surface area contributed by atoms with Gasteiger partial charge in [0.05, 0.1) is 22.9 Å². The highest BCUT2D eigenvalue weighted by Crippen LogP contribution is 2.30. The maximum atomic E-state index is 14.2. The molecule has 0 bridgehead atoms. The van der Waals surface area contributed by atoms with Crippen molar-refractivity contribution in [1.29, 1.82) is 0 Å². The molecule has 0 radical (unpaired) electrons. The number of hydrogen-bond acceptors (Lipinski definition) is 2. The average Bonchev–Trinajstić information content (AvgIpc) is 2.51. The fraction of sp³-hybridized carbons (Fsp3) is 0.316. The zero-order valence-corrected chi connectivity index (χ0v) is 14.6. The number of carbonyl (C=O) groups excluding carboxylic acids is 1. The van der Waals surface area contributed by atoms with Gasteiger partial charge in [0, 0.05) is 6.54 Å². The van der Waals surface area contributed by atoms with E-state index in [0.29, 0.717) is 22.9 Å². The van der Waals surface area contributed by atoms with Gasteiger partial charge in [-0.2, -0.15) is 0 Å². The quantitative estimate of drug-likeness (QED) is 0.888. The van der Waals surface area contributed by atoms with Crippen LogP contribution in [-0.2, 0) is 11.2 Å². The van der Waals surface area contributed by atoms with Crippen molar-refractivity contribution < 1.29 is 9.18 Å². The summed E-state index contributed by atoms with van der Waals surface area (Å²) >= 11 is 6.24. The lowest BCUT2D eigenvalue weighted by Gasteiger charge is -2.31. The smallest absolute Gasteiger partial charge is 0.243 e. The van der Waals surface area contributed by atoms with E-state index in [-0.39, 0.29) is 18.3 Å². The highest BCUT2D eigenvalue weighted by molar-refractivity contribution is 6.34. The van der Waals surface area contributed by atoms with E-state index in [0.717, 1.165) is 29.5 Å². The monoisotopic (exact) mass is 346 g/mol. The summed E-state index contributed by atoms with van der Waals surface area (Å²) in [6.45, 7) is 4.64. The van der Waals surface area contributed by atoms with Gasteiger partial charge in [0.15, 0.2) is 0 Å². The lowest BCUT2D eigenvalue weighted by atomic mass is 10.0. The summed E-state index contributed by atoms with van der Waals surface area (Å²) in [5.74, 6) is -0.468. The number of halogens is 2. The topological polar surface area (TPSA) is 32.3 Å². The summed E-state index contributed by atoms with van der Waals surface area (Å²) in [5, 5.41) is 3.39. The van der Waals surface area contributed by atoms with Gasteiger partial charge in [-0.3, -0.25) is 4.79 Å². The molecule has 5 heteroatoms. The molecule has 126 valence electrons. The predicted molar refractivity (Wildman–Crippen MR) is 96.5 cm³/mol. The lowest BCUT2D eigenvalue weighted by Crippen LogP contribution is -2.37. The number of hydrogen-bond donors (Lipinski definition) is 1. The third kappa shape index (κ3) is 3.39. The molecule has 0 saturated carbocycles. The van der Waals surface area contributed by atoms with Crippen LogP contribution in [0, 0.1) is 19.7 Å². The molecule has 1 amide bonds. The van der Waals surface area contributed by atoms with Crippen molar-refractivity contribution >= 4 is 28.9 Å². The minimum atomic E-state index is -0.274. The van der Waals surface area contributed by atoms with Gasteiger partial charge in [0.25, 0.3) is 0 Å². The summed E-state index contributed by atoms with van der Waals surface area (Å²) in [6.07, 6.45) is 1.75. The molecule has 0 spiro atoms. The van der Waals surface area contributed by atoms with Crippen LogP contribution < -0.4 is 10.2 Å². The Bertz CT molecular complexity index is 768. The van der Waals surface area contributed by atoms with Crippen LogP contribution in [0.5, 0.6) is 0 Å². The Morgan fingerprint density at radius 1 is 1.33 bits per heavy atom. The molecule has 0 aromatic heterocycles. The fourth-order valence-corrected chi connectivity index (χ4v) is 3.64. The van der Waals surface area contributed by atoms with E-state index < -0.39 is 0 Å². The standard InChI is InChI=1S/C19H20ClFN2O/c1-12-9-13(2)18(15(20)10-12)22-17(24)11-23-8-4-6-14-5-3-7-16(21)19(14)23/h3,5,7,9-10H,4,6,8,11H2,1-2H3,(H,22,24). The number of nitrogens with zero attached hydrogens (tertiary/aromatic N) is 1. The predicted octanol–water partition coefficient (Wildman–Crippen LogP) is 4.49. The molecule has 0 aliphatic carbocycles. The summed E-state index contributed by atoms with van der Waals surface area (Å²) < 4.78 is 14.2. The highest BCUT2D eigenvalue weighted by Gasteiger charge is 2.22. The maximum absolute atomic E-state index is 14.2. The van der Waals surface area contributed by atoms with Gasteiger partial charge in [-0.15, -0.1) is 0 Å². The average molecular weight is 347 g/mol. The number of aryl methyl sites for hydroxylation is 3. The van der Waals surface area contributed by atoms with Crippen molar-refractivity contribution in [2.45, 2.75) is 26.7 Å². The molecular weight excluding hydrogens is 327 g/mol. The maximum Gasteiger partial charge on any atom is 0.243 e. The molecule has 0 unspecified atom stereocenters. The number of anilines is 2. The van der Waals surface area contributed by atoms with E-state index >= 15 is 0 Å². The van der Waals surface area contributed by atoms with E-state index in [2.05, 4.69) is 5.32 Å². The second-order valence-corrected chi connectivity index (χ2v) is 6.67. The molecule has 1 N–H and O–H groups in total. The van der Waals surface area contributed by atoms with E-state index in [1.165, 1.54) is 6.07 Å². The molecule has 1 aliphatic rings. The molecule has 3 rings (SSSR count). The molecule has 1 aliphatic heterocycles. The summed E-state index contributed by atoms with van der Waals surface area (Å²) in [5.41, 5.74) is 4.09. The Kier molecular flexibility index (Phi) is 4.76. The van der Waals surface area contributed by atoms with Crippen molar-refractivity contribution in [3.05, 3.63) is 57.9 Å². The molecule has 24 heavy (non-hydrogen) atoms. The van der Waals surface area contributed by atoms with Gasteiger partial charge >= 0.3 is 0 Å². The Labute approximate surface area is 146 Å². The molecule has 1 heterocycles. The van der Waals surface area contributed by atoms with Crippen LogP contribution in [-0.4, -0.2) is 19.0 Å². The Morgan fingerprint density at radius 2 is 2.12 bits per heavy atom. The number of fused-ring (bicyclic) bond motifs is 1. The molecule has 0 atom stereocenters. The van der Waals surface area contributed by atoms with Crippen molar-refractivity contribution in [3.8, 4) is 0 Å². The second-order valence-electron chi connectivity index (χ2n) is 6.26. The van der Waals surface area contributed by atoms with Crippen LogP contribution in [0.1, 0.15) is 23.1 Å². The lowest BCUT2D eigenvalue weighted by molar-refractivity contribution is -0.115. The highest BCUT2D eigenvalue weighted by atomic mass is 35.5. The number of amides is 1. The van der Waals surface area contributed by atoms with Gasteiger partial charge in [-0.05, 0) is 55.5 Å². The SMILES string of the molecule is Cc1cc(C)c(NC(=O)CN2CCCc3cccc(F)c32)c(Cl)c1. The Hall–Kier alpha value is -2.07. The molecule has 3 nitrogen and oxygen atoms in total. The molecular formula is C19H20ClFN2O. The first-order valence-electron chi connectivity index (χ1n) is 8.04. The first-order chi connectivity index (χ1) is 11.5. The normalized spacial score (nSPS) is 13.6. The van der Waals surface area contributed by atoms with Gasteiger partial charge in [0.2, 0.25) is 5.91 Å². The number of nitrogens with one attached hydrogen (secondary N) is 1. The molecule has 2 aromatic carbocycles. The number of carbonyl (C=O) groups is 1. The van der Waals surface area contributed by atoms with Crippen LogP contribution in [0.2, 0.25) is 5.02 Å². The van der Waals surface area contributed by atoms with Gasteiger partial charge in [-0.25, -0.2) is 4.39 Å². The fourth-order valence-electron chi connectivity index (χ4n) is 3.27. The number of benzene rings is 2. The minimum Gasteiger partial charge on any atom is -0.360 e. The summed E-state index contributed by atoms with van der Waals surface area (Å²) in [7, 11) is 0. The van der Waals surface area contributed by atoms with Crippen molar-refractivity contribution in [1.82, 2.24) is 0 Å². The number of para-hydroxylation sites is 1. The van der Waals surface area contributed by atoms with E-state index in [1.807, 2.05) is 32.0 Å². The first kappa shape index (κ1) is 16.8. The van der Waals surface area contributed by atoms with Gasteiger partial charge in [0.1, 0.15) is 5.82 Å². The van der Waals surface area contributed by atoms with Gasteiger partial charge in [-0.1, -0.05) is 29.8 Å². The Morgan fingerprint density at radius 3 is 2.88 bits per heavy atom. The van der Waals surface area contributed by atoms with Crippen LogP contribution in [0.15, 0.2) is 30.3 Å². The zero-order valence-electron chi connectivity index (χ0n) is 13.8. The number of rotatable bonds is 3. The van der Waals surface area contributed by atoms with Crippen molar-refractivity contribution in [2.75, 3.05) is 23.3 Å². The summed E-state index contributed by atoms with van der Waals surface area (Å²) in [4.78, 5) is 14.3. The van der Waals surface area contributed by atoms with Crippen LogP contribution in [0.4, 0.5) is 15.8 Å². The molecule has 0 fully saturated rings. The third-order valence-electron chi connectivity index (χ3n) is 4.29. The van der Waals surface area contributed by atoms with Crippen LogP contribution in [0.25, 0.3) is 0 Å². The van der Waals surface area contributed by atoms with Crippen LogP contribution in [0.3, 0.4) is 0 Å². The second kappa shape index (κ2) is 6.81. The zero-order chi connectivity index (χ0) is 17.3.